The van der Waals surface area contributed by atoms with Crippen LogP contribution in [0.15, 0.2) is 0 Å². The maximum Gasteiger partial charge on any atom is 0.364 e. The molecule has 0 aliphatic carbocycles. The van der Waals surface area contributed by atoms with Gasteiger partial charge < -0.3 is 211 Å². The molecule has 49 heteroatoms. The largest absolute Gasteiger partial charge is 0.477 e. The van der Waals surface area contributed by atoms with Crippen molar-refractivity contribution in [2.24, 2.45) is 0 Å². The standard InChI is InChI=1S/C59H98N4O45/c1-16(72)60-31-20(76)5-57(54(91)92,104-46(31)36(84)24(80)9-65)103-29(14-70)40(88)48-33(62-18(3)74)22(78)7-59(106-48,56(95)96)108-50-42(90)53(100-43(26(82)11-67)35(83)23(79)8-64)99-30(15-71)44(50)101-51-34(63-19(4)75)45(38(86)27(12-68)97-51)102-52-41(89)49(39(87)28(13-69)98-52)107-58(55(93)94)6-21(77)32(61-17(2)73)47(105-58)37(85)25(81)10-66/h20-53,64-71,76-90H,5-15H2,1-4H3,(H,60,72)(H,61,73)(H,62,74)(H,63,75)(H,91,92)(H,93,94)(H,95,96)/t20-,21-,22-,23-,24+,25+,26+,27+,28+,29+,30+,31+,32+,33+,34+,35+,36+,37+,38-,39-,40+,41+,42+,43+,44-,45+,46+,47+,48+,49-,50+,51-,52-,53-,57+,58-,59-/m0/s1. The van der Waals surface area contributed by atoms with Crippen LogP contribution in [0.4, 0.5) is 0 Å². The SMILES string of the molecule is CC(=O)N[C@H]1[C@H](O[C@@H]2[C@H](O[C@]3(C(=O)O)C[C@H](O)[C@@H](NC(C)=O)[C@H]([C@H](O)[C@@H](CO)O[C@]4(C(=O)O)C[C@H](O)[C@@H](NC(C)=O)[C@H]([C@H](O)[C@H](O)CO)O4)O3)[C@@H](O)[C@H](O[C@@H]([C@H](O)[C@@H](O)CO)[C@H](O)CO)O[C@@H]2CO)O[C@H](CO)[C@H](O)[C@@H]1O[C@@H]1O[C@H](CO)[C@H](O)[C@H](O[C@]2(C(=O)O)C[C@H](O)[C@@H](NC(C)=O)[C@H]([C@H](O)[C@H](O)CO)O2)[C@H]1O. The van der Waals surface area contributed by atoms with Crippen LogP contribution in [-0.4, -0.2) is 452 Å². The Morgan fingerprint density at radius 2 is 0.750 bits per heavy atom. The molecule has 30 N–H and O–H groups in total. The van der Waals surface area contributed by atoms with E-state index < -0.39 is 339 Å². The Labute approximate surface area is 609 Å². The number of carboxylic acid groups (broad SMARTS) is 3. The molecule has 0 radical (unpaired) electrons. The monoisotopic (exact) mass is 1580 g/mol. The number of ether oxygens (including phenoxy) is 12. The van der Waals surface area contributed by atoms with Crippen molar-refractivity contribution in [3.63, 3.8) is 0 Å². The number of carboxylic acids is 3. The number of aliphatic carboxylic acids is 3. The summed E-state index contributed by atoms with van der Waals surface area (Å²) in [6.07, 6.45) is -77.1. The predicted molar refractivity (Wildman–Crippen MR) is 332 cm³/mol. The Balaban J connectivity index is 1.48. The first-order valence-corrected chi connectivity index (χ1v) is 33.4. The quantitative estimate of drug-likeness (QED) is 0.0277. The van der Waals surface area contributed by atoms with Crippen molar-refractivity contribution in [3.05, 3.63) is 0 Å². The number of rotatable bonds is 36. The summed E-state index contributed by atoms with van der Waals surface area (Å²) in [4.78, 5) is 91.6. The Morgan fingerprint density at radius 1 is 0.398 bits per heavy atom. The van der Waals surface area contributed by atoms with E-state index in [1.54, 1.807) is 0 Å². The summed E-state index contributed by atoms with van der Waals surface area (Å²) >= 11 is 0. The molecule has 6 aliphatic rings. The highest BCUT2D eigenvalue weighted by molar-refractivity contribution is 5.78. The van der Waals surface area contributed by atoms with Gasteiger partial charge in [-0.3, -0.25) is 19.2 Å². The summed E-state index contributed by atoms with van der Waals surface area (Å²) in [6.45, 7) is -7.52. The van der Waals surface area contributed by atoms with E-state index in [-0.39, 0.29) is 0 Å². The molecule has 0 saturated carbocycles. The minimum Gasteiger partial charge on any atom is -0.477 e. The number of aliphatic hydroxyl groups excluding tert-OH is 23. The van der Waals surface area contributed by atoms with Crippen molar-refractivity contribution in [2.75, 3.05) is 52.9 Å². The smallest absolute Gasteiger partial charge is 0.364 e. The van der Waals surface area contributed by atoms with Crippen LogP contribution in [-0.2, 0) is 90.4 Å². The first-order valence-electron chi connectivity index (χ1n) is 33.4. The number of aliphatic hydroxyl groups is 23. The van der Waals surface area contributed by atoms with Crippen LogP contribution in [0.5, 0.6) is 0 Å². The van der Waals surface area contributed by atoms with E-state index in [1.165, 1.54) is 0 Å². The number of carbonyl (C=O) groups excluding carboxylic acids is 4. The Hall–Kier alpha value is -5.11. The molecule has 0 spiro atoms. The van der Waals surface area contributed by atoms with Crippen molar-refractivity contribution in [1.29, 1.82) is 0 Å². The van der Waals surface area contributed by atoms with E-state index >= 15 is 0 Å². The molecule has 6 rings (SSSR count). The molecule has 108 heavy (non-hydrogen) atoms. The van der Waals surface area contributed by atoms with Crippen LogP contribution in [0, 0.1) is 0 Å². The number of amides is 4. The summed E-state index contributed by atoms with van der Waals surface area (Å²) < 4.78 is 70.1. The average molecular weight is 1580 g/mol. The lowest BCUT2D eigenvalue weighted by atomic mass is 9.87. The van der Waals surface area contributed by atoms with E-state index in [1.807, 2.05) is 0 Å². The first-order chi connectivity index (χ1) is 50.6. The molecule has 624 valence electrons. The first kappa shape index (κ1) is 91.8. The number of hydrogen-bond acceptors (Lipinski definition) is 42. The number of carbonyl (C=O) groups is 7. The molecular formula is C59H98N4O45. The Bertz CT molecular complexity index is 2960. The highest BCUT2D eigenvalue weighted by atomic mass is 16.8. The second-order valence-corrected chi connectivity index (χ2v) is 26.5. The summed E-state index contributed by atoms with van der Waals surface area (Å²) in [5.74, 6) is -21.6. The summed E-state index contributed by atoms with van der Waals surface area (Å²) in [5, 5.41) is 295. The predicted octanol–water partition coefficient (Wildman–Crippen LogP) is -18.4. The van der Waals surface area contributed by atoms with Gasteiger partial charge in [0.1, 0.15) is 153 Å². The lowest BCUT2D eigenvalue weighted by molar-refractivity contribution is -0.401. The lowest BCUT2D eigenvalue weighted by Gasteiger charge is -2.53. The average Bonchev–Trinajstić information content (AvgIpc) is 0.734. The van der Waals surface area contributed by atoms with Crippen LogP contribution < -0.4 is 21.3 Å². The van der Waals surface area contributed by atoms with Crippen LogP contribution in [0.25, 0.3) is 0 Å². The minimum atomic E-state index is -3.79. The molecule has 6 aliphatic heterocycles. The topological polar surface area (TPSA) is 804 Å². The molecule has 0 bridgehead atoms. The third kappa shape index (κ3) is 20.4. The molecule has 0 aromatic heterocycles. The minimum absolute atomic E-state index is 0.796. The summed E-state index contributed by atoms with van der Waals surface area (Å²) in [5.41, 5.74) is 0. The molecule has 0 unspecified atom stereocenters. The normalized spacial score (nSPS) is 40.3. The highest BCUT2D eigenvalue weighted by Gasteiger charge is 2.65. The second-order valence-electron chi connectivity index (χ2n) is 26.5. The van der Waals surface area contributed by atoms with E-state index in [0.29, 0.717) is 0 Å². The number of nitrogens with one attached hydrogen (secondary N) is 4. The summed E-state index contributed by atoms with van der Waals surface area (Å²) in [7, 11) is 0. The third-order valence-corrected chi connectivity index (χ3v) is 18.7. The van der Waals surface area contributed by atoms with Gasteiger partial charge >= 0.3 is 17.9 Å². The molecule has 0 aromatic rings. The van der Waals surface area contributed by atoms with Gasteiger partial charge in [-0.15, -0.1) is 0 Å². The molecule has 6 saturated heterocycles. The highest BCUT2D eigenvalue weighted by Crippen LogP contribution is 2.44. The molecule has 0 aromatic carbocycles. The van der Waals surface area contributed by atoms with Crippen LogP contribution >= 0.6 is 0 Å². The van der Waals surface area contributed by atoms with Gasteiger partial charge in [-0.05, 0) is 0 Å². The zero-order valence-electron chi connectivity index (χ0n) is 57.8. The molecule has 6 heterocycles. The molecule has 49 nitrogen and oxygen atoms in total. The van der Waals surface area contributed by atoms with Gasteiger partial charge in [-0.1, -0.05) is 0 Å². The molecule has 37 atom stereocenters. The third-order valence-electron chi connectivity index (χ3n) is 18.7. The van der Waals surface area contributed by atoms with Gasteiger partial charge in [0.25, 0.3) is 17.4 Å². The maximum atomic E-state index is 14.2. The Kier molecular flexibility index (Phi) is 33.2. The van der Waals surface area contributed by atoms with Crippen molar-refractivity contribution < 1.29 is 223 Å². The molecule has 6 fully saturated rings. The zero-order valence-corrected chi connectivity index (χ0v) is 57.8. The van der Waals surface area contributed by atoms with Crippen LogP contribution in [0.1, 0.15) is 47.0 Å². The van der Waals surface area contributed by atoms with E-state index in [0.717, 1.165) is 27.7 Å². The second kappa shape index (κ2) is 39.1. The Morgan fingerprint density at radius 3 is 1.15 bits per heavy atom. The van der Waals surface area contributed by atoms with Gasteiger partial charge in [0, 0.05) is 47.0 Å². The van der Waals surface area contributed by atoms with Crippen molar-refractivity contribution in [2.45, 2.75) is 272 Å². The number of hydrogen-bond donors (Lipinski definition) is 30. The van der Waals surface area contributed by atoms with E-state index in [9.17, 15) is 166 Å². The molecule has 4 amide bonds. The van der Waals surface area contributed by atoms with Crippen molar-refractivity contribution in [3.8, 4) is 0 Å². The van der Waals surface area contributed by atoms with Gasteiger partial charge in [-0.2, -0.15) is 0 Å². The van der Waals surface area contributed by atoms with E-state index in [2.05, 4.69) is 21.3 Å². The molecular weight excluding hydrogens is 1480 g/mol. The fourth-order valence-corrected chi connectivity index (χ4v) is 13.3. The van der Waals surface area contributed by atoms with Crippen LogP contribution in [0.2, 0.25) is 0 Å². The summed E-state index contributed by atoms with van der Waals surface area (Å²) in [6, 6.07) is -8.06. The van der Waals surface area contributed by atoms with Crippen LogP contribution in [0.3, 0.4) is 0 Å². The van der Waals surface area contributed by atoms with Gasteiger partial charge in [0.15, 0.2) is 18.9 Å². The van der Waals surface area contributed by atoms with Gasteiger partial charge in [0.2, 0.25) is 23.6 Å². The van der Waals surface area contributed by atoms with Gasteiger partial charge in [-0.25, -0.2) is 14.4 Å². The maximum absolute atomic E-state index is 14.2. The fourth-order valence-electron chi connectivity index (χ4n) is 13.3. The zero-order chi connectivity index (χ0) is 81.3. The van der Waals surface area contributed by atoms with Crippen molar-refractivity contribution >= 4 is 41.5 Å². The van der Waals surface area contributed by atoms with Crippen molar-refractivity contribution in [1.82, 2.24) is 21.3 Å². The fraction of sp³-hybridized carbons (Fsp3) is 0.881. The van der Waals surface area contributed by atoms with E-state index in [4.69, 9.17) is 56.8 Å². The van der Waals surface area contributed by atoms with Gasteiger partial charge in [0.05, 0.1) is 89.3 Å². The lowest BCUT2D eigenvalue weighted by Crippen LogP contribution is -2.73.